The van der Waals surface area contributed by atoms with Crippen molar-refractivity contribution >= 4 is 0 Å². The molecule has 1 aromatic rings. The average molecular weight is 293 g/mol. The average Bonchev–Trinajstić information content (AvgIpc) is 2.37. The molecular formula is C18H28FNO. The Hall–Kier alpha value is -0.930. The molecule has 2 nitrogen and oxygen atoms in total. The molecule has 2 unspecified atom stereocenters. The molecule has 0 bridgehead atoms. The summed E-state index contributed by atoms with van der Waals surface area (Å²) in [5, 5.41) is 3.09. The maximum absolute atomic E-state index is 13.9. The summed E-state index contributed by atoms with van der Waals surface area (Å²) in [4.78, 5) is 0. The number of halogens is 1. The zero-order valence-corrected chi connectivity index (χ0v) is 13.7. The van der Waals surface area contributed by atoms with Crippen LogP contribution in [0.2, 0.25) is 0 Å². The summed E-state index contributed by atoms with van der Waals surface area (Å²) in [5.74, 6) is 0.511. The van der Waals surface area contributed by atoms with Crippen molar-refractivity contribution in [3.05, 3.63) is 35.1 Å². The van der Waals surface area contributed by atoms with Gasteiger partial charge in [-0.25, -0.2) is 4.39 Å². The summed E-state index contributed by atoms with van der Waals surface area (Å²) in [5.41, 5.74) is 2.09. The maximum Gasteiger partial charge on any atom is 0.128 e. The Bertz CT molecular complexity index is 472. The van der Waals surface area contributed by atoms with Gasteiger partial charge in [-0.05, 0) is 55.3 Å². The van der Waals surface area contributed by atoms with Gasteiger partial charge in [0.2, 0.25) is 0 Å². The zero-order valence-electron chi connectivity index (χ0n) is 13.7. The summed E-state index contributed by atoms with van der Waals surface area (Å²) in [6.07, 6.45) is 3.64. The van der Waals surface area contributed by atoms with E-state index in [1.807, 2.05) is 19.2 Å². The molecule has 21 heavy (non-hydrogen) atoms. The van der Waals surface area contributed by atoms with Crippen molar-refractivity contribution in [3.8, 4) is 0 Å². The van der Waals surface area contributed by atoms with Gasteiger partial charge in [-0.15, -0.1) is 0 Å². The smallest absolute Gasteiger partial charge is 0.128 e. The van der Waals surface area contributed by atoms with E-state index in [0.717, 1.165) is 24.9 Å². The van der Waals surface area contributed by atoms with Gasteiger partial charge in [0.15, 0.2) is 0 Å². The number of hydrogen-bond donors (Lipinski definition) is 1. The van der Waals surface area contributed by atoms with Gasteiger partial charge in [-0.1, -0.05) is 26.8 Å². The number of hydrogen-bond acceptors (Lipinski definition) is 2. The molecular weight excluding hydrogens is 265 g/mol. The van der Waals surface area contributed by atoms with Crippen LogP contribution in [0.15, 0.2) is 18.2 Å². The highest BCUT2D eigenvalue weighted by molar-refractivity contribution is 5.24. The zero-order chi connectivity index (χ0) is 15.5. The predicted molar refractivity (Wildman–Crippen MR) is 84.5 cm³/mol. The van der Waals surface area contributed by atoms with Crippen molar-refractivity contribution < 1.29 is 9.13 Å². The molecule has 1 aromatic carbocycles. The third-order valence-electron chi connectivity index (χ3n) is 4.31. The van der Waals surface area contributed by atoms with E-state index >= 15 is 0 Å². The van der Waals surface area contributed by atoms with Gasteiger partial charge in [0.1, 0.15) is 5.82 Å². The number of nitrogens with one attached hydrogen (secondary N) is 1. The highest BCUT2D eigenvalue weighted by Gasteiger charge is 2.32. The lowest BCUT2D eigenvalue weighted by molar-refractivity contribution is -0.0324. The Kier molecular flexibility index (Phi) is 5.39. The van der Waals surface area contributed by atoms with Crippen LogP contribution in [0.1, 0.15) is 51.2 Å². The van der Waals surface area contributed by atoms with Gasteiger partial charge in [0, 0.05) is 12.1 Å². The minimum Gasteiger partial charge on any atom is -0.373 e. The Morgan fingerprint density at radius 1 is 1.33 bits per heavy atom. The molecule has 1 N–H and O–H groups in total. The van der Waals surface area contributed by atoms with Crippen molar-refractivity contribution in [2.24, 2.45) is 11.3 Å². The van der Waals surface area contributed by atoms with Gasteiger partial charge < -0.3 is 10.1 Å². The van der Waals surface area contributed by atoms with Crippen LogP contribution in [0.25, 0.3) is 0 Å². The highest BCUT2D eigenvalue weighted by Crippen LogP contribution is 2.39. The van der Waals surface area contributed by atoms with E-state index in [1.54, 1.807) is 6.07 Å². The predicted octanol–water partition coefficient (Wildman–Crippen LogP) is 4.28. The molecule has 1 aliphatic carbocycles. The molecule has 0 heterocycles. The molecule has 118 valence electrons. The normalized spacial score (nSPS) is 25.0. The van der Waals surface area contributed by atoms with E-state index in [4.69, 9.17) is 4.74 Å². The molecule has 0 saturated heterocycles. The number of rotatable bonds is 5. The molecule has 0 spiro atoms. The lowest BCUT2D eigenvalue weighted by atomic mass is 9.71. The Morgan fingerprint density at radius 2 is 2.10 bits per heavy atom. The fourth-order valence-corrected chi connectivity index (χ4v) is 3.65. The van der Waals surface area contributed by atoms with Crippen molar-refractivity contribution in [1.29, 1.82) is 0 Å². The first-order valence-electron chi connectivity index (χ1n) is 7.93. The largest absolute Gasteiger partial charge is 0.373 e. The first-order valence-corrected chi connectivity index (χ1v) is 7.93. The fourth-order valence-electron chi connectivity index (χ4n) is 3.65. The van der Waals surface area contributed by atoms with Crippen LogP contribution < -0.4 is 5.32 Å². The van der Waals surface area contributed by atoms with Crippen LogP contribution in [-0.2, 0) is 17.9 Å². The molecule has 1 fully saturated rings. The number of ether oxygens (including phenoxy) is 1. The lowest BCUT2D eigenvalue weighted by Crippen LogP contribution is -2.32. The molecule has 2 atom stereocenters. The van der Waals surface area contributed by atoms with E-state index in [0.29, 0.717) is 23.5 Å². The topological polar surface area (TPSA) is 21.3 Å². The first-order chi connectivity index (χ1) is 9.89. The van der Waals surface area contributed by atoms with Gasteiger partial charge in [0.25, 0.3) is 0 Å². The molecule has 3 heteroatoms. The van der Waals surface area contributed by atoms with E-state index < -0.39 is 0 Å². The maximum atomic E-state index is 13.9. The van der Waals surface area contributed by atoms with Crippen molar-refractivity contribution in [1.82, 2.24) is 5.32 Å². The standard InChI is InChI=1S/C18H28FNO/c1-13-7-16(10-18(2,3)9-13)21-12-15-8-14(11-20-4)5-6-17(15)19/h5-6,8,13,16,20H,7,9-12H2,1-4H3. The Labute approximate surface area is 128 Å². The van der Waals surface area contributed by atoms with E-state index in [9.17, 15) is 4.39 Å². The van der Waals surface area contributed by atoms with Gasteiger partial charge in [-0.2, -0.15) is 0 Å². The van der Waals surface area contributed by atoms with Gasteiger partial charge in [0.05, 0.1) is 12.7 Å². The van der Waals surface area contributed by atoms with E-state index in [2.05, 4.69) is 26.1 Å². The van der Waals surface area contributed by atoms with Crippen LogP contribution >= 0.6 is 0 Å². The summed E-state index contributed by atoms with van der Waals surface area (Å²) < 4.78 is 19.9. The highest BCUT2D eigenvalue weighted by atomic mass is 19.1. The Balaban J connectivity index is 1.97. The van der Waals surface area contributed by atoms with Crippen LogP contribution in [0, 0.1) is 17.2 Å². The van der Waals surface area contributed by atoms with Crippen LogP contribution in [0.4, 0.5) is 4.39 Å². The SMILES string of the molecule is CNCc1ccc(F)c(COC2CC(C)CC(C)(C)C2)c1. The van der Waals surface area contributed by atoms with E-state index in [1.165, 1.54) is 6.42 Å². The minimum atomic E-state index is -0.169. The summed E-state index contributed by atoms with van der Waals surface area (Å²) in [7, 11) is 1.89. The molecule has 0 radical (unpaired) electrons. The number of benzene rings is 1. The second-order valence-electron chi connectivity index (χ2n) is 7.30. The lowest BCUT2D eigenvalue weighted by Gasteiger charge is -2.38. The van der Waals surface area contributed by atoms with E-state index in [-0.39, 0.29) is 11.9 Å². The van der Waals surface area contributed by atoms with Crippen molar-refractivity contribution in [2.45, 2.75) is 59.3 Å². The molecule has 0 aliphatic heterocycles. The quantitative estimate of drug-likeness (QED) is 0.875. The first kappa shape index (κ1) is 16.4. The summed E-state index contributed by atoms with van der Waals surface area (Å²) in [6, 6.07) is 5.27. The fraction of sp³-hybridized carbons (Fsp3) is 0.667. The summed E-state index contributed by atoms with van der Waals surface area (Å²) >= 11 is 0. The molecule has 2 rings (SSSR count). The van der Waals surface area contributed by atoms with Crippen LogP contribution in [-0.4, -0.2) is 13.2 Å². The third-order valence-corrected chi connectivity index (χ3v) is 4.31. The van der Waals surface area contributed by atoms with Crippen LogP contribution in [0.3, 0.4) is 0 Å². The monoisotopic (exact) mass is 293 g/mol. The van der Waals surface area contributed by atoms with Crippen molar-refractivity contribution in [3.63, 3.8) is 0 Å². The molecule has 1 saturated carbocycles. The Morgan fingerprint density at radius 3 is 2.76 bits per heavy atom. The second-order valence-corrected chi connectivity index (χ2v) is 7.30. The summed E-state index contributed by atoms with van der Waals surface area (Å²) in [6.45, 7) is 8.00. The van der Waals surface area contributed by atoms with Crippen LogP contribution in [0.5, 0.6) is 0 Å². The molecule has 1 aliphatic rings. The van der Waals surface area contributed by atoms with Gasteiger partial charge >= 0.3 is 0 Å². The second kappa shape index (κ2) is 6.89. The molecule has 0 amide bonds. The third kappa shape index (κ3) is 4.79. The molecule has 0 aromatic heterocycles. The minimum absolute atomic E-state index is 0.169. The van der Waals surface area contributed by atoms with Crippen molar-refractivity contribution in [2.75, 3.05) is 7.05 Å². The van der Waals surface area contributed by atoms with Gasteiger partial charge in [-0.3, -0.25) is 0 Å².